The molecule has 1 amide bonds. The molecule has 1 N–H and O–H groups in total. The van der Waals surface area contributed by atoms with Gasteiger partial charge in [-0.05, 0) is 33.6 Å². The molecule has 3 heterocycles. The molecule has 160 valence electrons. The first-order chi connectivity index (χ1) is 13.9. The van der Waals surface area contributed by atoms with Gasteiger partial charge in [-0.3, -0.25) is 10.1 Å². The third kappa shape index (κ3) is 5.03. The third-order valence-corrected chi connectivity index (χ3v) is 5.07. The molecular formula is C18H28N6O5. The van der Waals surface area contributed by atoms with E-state index in [1.54, 1.807) is 11.8 Å². The van der Waals surface area contributed by atoms with Crippen LogP contribution in [0.25, 0.3) is 0 Å². The molecule has 2 saturated heterocycles. The maximum atomic E-state index is 11.9. The summed E-state index contributed by atoms with van der Waals surface area (Å²) in [5.74, 6) is 0.514. The highest BCUT2D eigenvalue weighted by Crippen LogP contribution is 2.34. The smallest absolute Gasteiger partial charge is 0.409 e. The Morgan fingerprint density at radius 3 is 2.55 bits per heavy atom. The van der Waals surface area contributed by atoms with Crippen LogP contribution in [-0.4, -0.2) is 76.9 Å². The zero-order chi connectivity index (χ0) is 21.0. The van der Waals surface area contributed by atoms with Gasteiger partial charge in [0.1, 0.15) is 6.33 Å². The Labute approximate surface area is 169 Å². The summed E-state index contributed by atoms with van der Waals surface area (Å²) >= 11 is 0. The van der Waals surface area contributed by atoms with Crippen molar-refractivity contribution in [3.05, 3.63) is 16.4 Å². The summed E-state index contributed by atoms with van der Waals surface area (Å²) in [7, 11) is 0. The lowest BCUT2D eigenvalue weighted by Crippen LogP contribution is -2.46. The minimum atomic E-state index is -0.434. The van der Waals surface area contributed by atoms with Crippen molar-refractivity contribution in [3.63, 3.8) is 0 Å². The maximum absolute atomic E-state index is 11.9. The van der Waals surface area contributed by atoms with Crippen molar-refractivity contribution in [1.29, 1.82) is 0 Å². The van der Waals surface area contributed by atoms with Crippen LogP contribution < -0.4 is 10.2 Å². The van der Waals surface area contributed by atoms with Gasteiger partial charge in [0.15, 0.2) is 0 Å². The molecule has 2 aliphatic heterocycles. The molecule has 0 saturated carbocycles. The van der Waals surface area contributed by atoms with Gasteiger partial charge in [0, 0.05) is 32.2 Å². The fourth-order valence-corrected chi connectivity index (χ4v) is 3.84. The molecule has 2 fully saturated rings. The number of nitro groups is 1. The largest absolute Gasteiger partial charge is 0.450 e. The predicted octanol–water partition coefficient (Wildman–Crippen LogP) is 2.03. The molecule has 2 aliphatic rings. The molecule has 29 heavy (non-hydrogen) atoms. The van der Waals surface area contributed by atoms with Gasteiger partial charge < -0.3 is 24.6 Å². The monoisotopic (exact) mass is 408 g/mol. The van der Waals surface area contributed by atoms with Crippen LogP contribution in [0.1, 0.15) is 33.6 Å². The lowest BCUT2D eigenvalue weighted by Gasteiger charge is -2.36. The molecule has 1 aromatic heterocycles. The normalized spacial score (nSPS) is 23.0. The second-order valence-electron chi connectivity index (χ2n) is 7.42. The van der Waals surface area contributed by atoms with Gasteiger partial charge in [0.25, 0.3) is 0 Å². The number of carbonyl (C=O) groups is 1. The summed E-state index contributed by atoms with van der Waals surface area (Å²) in [6.45, 7) is 8.10. The first kappa shape index (κ1) is 21.0. The van der Waals surface area contributed by atoms with Crippen LogP contribution in [0, 0.1) is 10.1 Å². The first-order valence-electron chi connectivity index (χ1n) is 9.97. The zero-order valence-electron chi connectivity index (χ0n) is 17.0. The molecule has 3 rings (SSSR count). The SMILES string of the molecule is CCOC(=O)N1CCC(Nc2ncnc(N3CC(C)OC(C)C3)c2[N+](=O)[O-])CC1. The van der Waals surface area contributed by atoms with E-state index in [-0.39, 0.29) is 35.8 Å². The van der Waals surface area contributed by atoms with Crippen LogP contribution in [0.2, 0.25) is 0 Å². The minimum Gasteiger partial charge on any atom is -0.450 e. The van der Waals surface area contributed by atoms with Crippen molar-refractivity contribution in [2.24, 2.45) is 0 Å². The van der Waals surface area contributed by atoms with Crippen LogP contribution >= 0.6 is 0 Å². The molecule has 0 spiro atoms. The van der Waals surface area contributed by atoms with Gasteiger partial charge in [0.05, 0.1) is 23.7 Å². The Morgan fingerprint density at radius 2 is 1.97 bits per heavy atom. The lowest BCUT2D eigenvalue weighted by molar-refractivity contribution is -0.383. The van der Waals surface area contributed by atoms with Crippen molar-refractivity contribution in [2.75, 3.05) is 43.0 Å². The predicted molar refractivity (Wildman–Crippen MR) is 106 cm³/mol. The van der Waals surface area contributed by atoms with Gasteiger partial charge >= 0.3 is 11.8 Å². The maximum Gasteiger partial charge on any atom is 0.409 e. The van der Waals surface area contributed by atoms with Crippen molar-refractivity contribution < 1.29 is 19.2 Å². The number of ether oxygens (including phenoxy) is 2. The van der Waals surface area contributed by atoms with E-state index in [0.29, 0.717) is 51.4 Å². The second kappa shape index (κ2) is 9.21. The Morgan fingerprint density at radius 1 is 1.31 bits per heavy atom. The number of carbonyl (C=O) groups excluding carboxylic acids is 1. The number of rotatable bonds is 5. The van der Waals surface area contributed by atoms with E-state index < -0.39 is 4.92 Å². The van der Waals surface area contributed by atoms with Gasteiger partial charge in [0.2, 0.25) is 11.6 Å². The summed E-state index contributed by atoms with van der Waals surface area (Å²) in [5.41, 5.74) is -0.123. The Balaban J connectivity index is 1.73. The fourth-order valence-electron chi connectivity index (χ4n) is 3.84. The van der Waals surface area contributed by atoms with E-state index in [9.17, 15) is 14.9 Å². The highest BCUT2D eigenvalue weighted by molar-refractivity contribution is 5.71. The molecule has 0 aromatic carbocycles. The van der Waals surface area contributed by atoms with Crippen LogP contribution in [-0.2, 0) is 9.47 Å². The van der Waals surface area contributed by atoms with Crippen molar-refractivity contribution in [3.8, 4) is 0 Å². The van der Waals surface area contributed by atoms with Crippen molar-refractivity contribution in [2.45, 2.75) is 51.9 Å². The van der Waals surface area contributed by atoms with Gasteiger partial charge in [-0.15, -0.1) is 0 Å². The number of likely N-dealkylation sites (tertiary alicyclic amines) is 1. The number of aromatic nitrogens is 2. The Kier molecular flexibility index (Phi) is 6.68. The number of morpholine rings is 1. The topological polar surface area (TPSA) is 123 Å². The van der Waals surface area contributed by atoms with E-state index >= 15 is 0 Å². The summed E-state index contributed by atoms with van der Waals surface area (Å²) in [5, 5.41) is 15.1. The van der Waals surface area contributed by atoms with Gasteiger partial charge in [-0.25, -0.2) is 14.8 Å². The number of anilines is 2. The standard InChI is InChI=1S/C18H28N6O5/c1-4-28-18(25)22-7-5-14(6-8-22)21-16-15(24(26)27)17(20-11-19-16)23-9-12(2)29-13(3)10-23/h11-14H,4-10H2,1-3H3,(H,19,20,21). The molecule has 11 nitrogen and oxygen atoms in total. The summed E-state index contributed by atoms with van der Waals surface area (Å²) in [6.07, 6.45) is 2.25. The van der Waals surface area contributed by atoms with Crippen LogP contribution in [0.3, 0.4) is 0 Å². The number of nitrogens with zero attached hydrogens (tertiary/aromatic N) is 5. The minimum absolute atomic E-state index is 0.0235. The molecule has 1 aromatic rings. The second-order valence-corrected chi connectivity index (χ2v) is 7.42. The zero-order valence-corrected chi connectivity index (χ0v) is 17.0. The lowest BCUT2D eigenvalue weighted by atomic mass is 10.1. The first-order valence-corrected chi connectivity index (χ1v) is 9.97. The fraction of sp³-hybridized carbons (Fsp3) is 0.722. The molecule has 11 heteroatoms. The molecule has 0 bridgehead atoms. The summed E-state index contributed by atoms with van der Waals surface area (Å²) in [6, 6.07) is -0.0235. The average Bonchev–Trinajstić information content (AvgIpc) is 2.67. The third-order valence-electron chi connectivity index (χ3n) is 5.07. The number of hydrogen-bond acceptors (Lipinski definition) is 9. The van der Waals surface area contributed by atoms with Crippen LogP contribution in [0.4, 0.5) is 22.1 Å². The van der Waals surface area contributed by atoms with E-state index in [4.69, 9.17) is 9.47 Å². The van der Waals surface area contributed by atoms with E-state index in [2.05, 4.69) is 15.3 Å². The average molecular weight is 408 g/mol. The molecule has 2 unspecified atom stereocenters. The number of nitrogens with one attached hydrogen (secondary N) is 1. The highest BCUT2D eigenvalue weighted by Gasteiger charge is 2.33. The number of amides is 1. The number of hydrogen-bond donors (Lipinski definition) is 1. The number of piperidine rings is 1. The summed E-state index contributed by atoms with van der Waals surface area (Å²) in [4.78, 5) is 35.2. The molecule has 0 radical (unpaired) electrons. The van der Waals surface area contributed by atoms with Gasteiger partial charge in [-0.2, -0.15) is 0 Å². The Hall–Kier alpha value is -2.69. The van der Waals surface area contributed by atoms with E-state index in [0.717, 1.165) is 0 Å². The van der Waals surface area contributed by atoms with Gasteiger partial charge in [-0.1, -0.05) is 0 Å². The molecule has 0 aliphatic carbocycles. The Bertz CT molecular complexity index is 729. The van der Waals surface area contributed by atoms with Crippen molar-refractivity contribution >= 4 is 23.4 Å². The van der Waals surface area contributed by atoms with Crippen molar-refractivity contribution in [1.82, 2.24) is 14.9 Å². The quantitative estimate of drug-likeness (QED) is 0.576. The highest BCUT2D eigenvalue weighted by atomic mass is 16.6. The summed E-state index contributed by atoms with van der Waals surface area (Å²) < 4.78 is 10.8. The molecule has 2 atom stereocenters. The van der Waals surface area contributed by atoms with Crippen LogP contribution in [0.15, 0.2) is 6.33 Å². The molecular weight excluding hydrogens is 380 g/mol. The van der Waals surface area contributed by atoms with Crippen LogP contribution in [0.5, 0.6) is 0 Å². The van der Waals surface area contributed by atoms with E-state index in [1.165, 1.54) is 6.33 Å². The van der Waals surface area contributed by atoms with E-state index in [1.807, 2.05) is 18.7 Å².